The summed E-state index contributed by atoms with van der Waals surface area (Å²) in [6, 6.07) is 8.28. The fourth-order valence-electron chi connectivity index (χ4n) is 3.55. The van der Waals surface area contributed by atoms with Gasteiger partial charge in [0.2, 0.25) is 0 Å². The molecule has 1 N–H and O–H groups in total. The van der Waals surface area contributed by atoms with Crippen LogP contribution in [0.1, 0.15) is 28.2 Å². The van der Waals surface area contributed by atoms with E-state index in [1.165, 1.54) is 12.0 Å². The second-order valence-corrected chi connectivity index (χ2v) is 6.94. The van der Waals surface area contributed by atoms with E-state index < -0.39 is 12.0 Å². The van der Waals surface area contributed by atoms with Gasteiger partial charge in [-0.1, -0.05) is 11.6 Å². The molecule has 1 aromatic heterocycles. The smallest absolute Gasteiger partial charge is 0.326 e. The Bertz CT molecular complexity index is 844. The van der Waals surface area contributed by atoms with Gasteiger partial charge in [0.25, 0.3) is 5.91 Å². The van der Waals surface area contributed by atoms with Crippen LogP contribution in [-0.2, 0) is 9.53 Å². The molecule has 1 amide bonds. The number of carbonyl (C=O) groups is 2. The van der Waals surface area contributed by atoms with Crippen LogP contribution in [0.2, 0.25) is 5.02 Å². The highest BCUT2D eigenvalue weighted by Crippen LogP contribution is 2.27. The number of amides is 1. The number of rotatable bonds is 4. The summed E-state index contributed by atoms with van der Waals surface area (Å²) in [6.45, 7) is 4.04. The van der Waals surface area contributed by atoms with E-state index in [9.17, 15) is 14.7 Å². The van der Waals surface area contributed by atoms with Crippen molar-refractivity contribution in [2.75, 3.05) is 13.7 Å². The molecule has 26 heavy (non-hydrogen) atoms. The molecule has 0 spiro atoms. The van der Waals surface area contributed by atoms with Crippen LogP contribution in [0.3, 0.4) is 0 Å². The van der Waals surface area contributed by atoms with Crippen LogP contribution in [-0.4, -0.2) is 52.3 Å². The standard InChI is InChI=1S/C19H21ClN2O4/c1-11-8-16(12(2)22(11)14-6-4-13(20)5-7-14)18(23)21-10-15(26-3)9-17(21)19(24)25/h4-8,15,17H,9-10H2,1-3H3,(H,24,25). The molecule has 0 saturated carbocycles. The Morgan fingerprint density at radius 3 is 2.46 bits per heavy atom. The first kappa shape index (κ1) is 18.5. The van der Waals surface area contributed by atoms with Crippen LogP contribution in [0.15, 0.2) is 30.3 Å². The second kappa shape index (κ2) is 7.13. The molecule has 1 fully saturated rings. The number of aromatic nitrogens is 1. The van der Waals surface area contributed by atoms with Crippen molar-refractivity contribution in [3.05, 3.63) is 52.3 Å². The van der Waals surface area contributed by atoms with Crippen molar-refractivity contribution in [1.29, 1.82) is 0 Å². The molecule has 138 valence electrons. The lowest BCUT2D eigenvalue weighted by atomic mass is 10.1. The lowest BCUT2D eigenvalue weighted by molar-refractivity contribution is -0.141. The number of ether oxygens (including phenoxy) is 1. The van der Waals surface area contributed by atoms with Crippen LogP contribution in [0, 0.1) is 13.8 Å². The topological polar surface area (TPSA) is 71.8 Å². The predicted octanol–water partition coefficient (Wildman–Crippen LogP) is 3.06. The number of carboxylic acid groups (broad SMARTS) is 1. The third-order valence-corrected chi connectivity index (χ3v) is 5.14. The molecule has 6 nitrogen and oxygen atoms in total. The number of hydrogen-bond donors (Lipinski definition) is 1. The van der Waals surface area contributed by atoms with Gasteiger partial charge in [-0.2, -0.15) is 0 Å². The quantitative estimate of drug-likeness (QED) is 0.890. The summed E-state index contributed by atoms with van der Waals surface area (Å²) in [5.41, 5.74) is 3.05. The molecule has 1 aliphatic heterocycles. The first-order valence-electron chi connectivity index (χ1n) is 8.35. The monoisotopic (exact) mass is 376 g/mol. The zero-order chi connectivity index (χ0) is 19.0. The number of carbonyl (C=O) groups excluding carboxylic acids is 1. The third-order valence-electron chi connectivity index (χ3n) is 4.89. The van der Waals surface area contributed by atoms with E-state index in [0.717, 1.165) is 17.1 Å². The maximum atomic E-state index is 13.1. The second-order valence-electron chi connectivity index (χ2n) is 6.50. The van der Waals surface area contributed by atoms with Crippen LogP contribution in [0.5, 0.6) is 0 Å². The number of hydrogen-bond acceptors (Lipinski definition) is 3. The molecule has 0 bridgehead atoms. The molecular weight excluding hydrogens is 356 g/mol. The molecular formula is C19H21ClN2O4. The predicted molar refractivity (Wildman–Crippen MR) is 98.1 cm³/mol. The Morgan fingerprint density at radius 1 is 1.23 bits per heavy atom. The van der Waals surface area contributed by atoms with Gasteiger partial charge < -0.3 is 19.3 Å². The van der Waals surface area contributed by atoms with E-state index in [1.54, 1.807) is 18.2 Å². The number of nitrogens with zero attached hydrogens (tertiary/aromatic N) is 2. The maximum absolute atomic E-state index is 13.1. The maximum Gasteiger partial charge on any atom is 0.326 e. The van der Waals surface area contributed by atoms with E-state index in [0.29, 0.717) is 17.0 Å². The third kappa shape index (κ3) is 3.22. The van der Waals surface area contributed by atoms with E-state index in [1.807, 2.05) is 30.5 Å². The minimum absolute atomic E-state index is 0.264. The van der Waals surface area contributed by atoms with Crippen molar-refractivity contribution in [3.8, 4) is 5.69 Å². The molecule has 2 unspecified atom stereocenters. The van der Waals surface area contributed by atoms with Crippen LogP contribution in [0.4, 0.5) is 0 Å². The Hall–Kier alpha value is -2.31. The number of likely N-dealkylation sites (tertiary alicyclic amines) is 1. The number of methoxy groups -OCH3 is 1. The summed E-state index contributed by atoms with van der Waals surface area (Å²) in [5.74, 6) is -1.30. The molecule has 1 aromatic carbocycles. The Balaban J connectivity index is 1.97. The van der Waals surface area contributed by atoms with Crippen molar-refractivity contribution in [3.63, 3.8) is 0 Å². The Labute approximate surface area is 156 Å². The number of aliphatic carboxylic acids is 1. The van der Waals surface area contributed by atoms with Crippen molar-refractivity contribution >= 4 is 23.5 Å². The lowest BCUT2D eigenvalue weighted by Crippen LogP contribution is -2.40. The molecule has 2 aromatic rings. The van der Waals surface area contributed by atoms with Crippen molar-refractivity contribution in [2.45, 2.75) is 32.4 Å². The largest absolute Gasteiger partial charge is 0.480 e. The normalized spacial score (nSPS) is 19.8. The number of benzene rings is 1. The average molecular weight is 377 g/mol. The highest BCUT2D eigenvalue weighted by atomic mass is 35.5. The van der Waals surface area contributed by atoms with E-state index in [-0.39, 0.29) is 18.6 Å². The van der Waals surface area contributed by atoms with Gasteiger partial charge in [0.05, 0.1) is 11.7 Å². The lowest BCUT2D eigenvalue weighted by Gasteiger charge is -2.21. The van der Waals surface area contributed by atoms with Gasteiger partial charge in [-0.15, -0.1) is 0 Å². The zero-order valence-electron chi connectivity index (χ0n) is 14.9. The first-order valence-corrected chi connectivity index (χ1v) is 8.72. The van der Waals surface area contributed by atoms with E-state index >= 15 is 0 Å². The van der Waals surface area contributed by atoms with Crippen LogP contribution in [0.25, 0.3) is 5.69 Å². The number of aryl methyl sites for hydroxylation is 1. The number of carboxylic acids is 1. The van der Waals surface area contributed by atoms with Gasteiger partial charge in [0.15, 0.2) is 0 Å². The summed E-state index contributed by atoms with van der Waals surface area (Å²) >= 11 is 5.96. The molecule has 3 rings (SSSR count). The first-order chi connectivity index (χ1) is 12.3. The zero-order valence-corrected chi connectivity index (χ0v) is 15.7. The van der Waals surface area contributed by atoms with Gasteiger partial charge in [-0.25, -0.2) is 4.79 Å². The van der Waals surface area contributed by atoms with Crippen LogP contribution < -0.4 is 0 Å². The summed E-state index contributed by atoms with van der Waals surface area (Å²) in [4.78, 5) is 26.0. The molecule has 7 heteroatoms. The fourth-order valence-corrected chi connectivity index (χ4v) is 3.67. The number of halogens is 1. The Morgan fingerprint density at radius 2 is 1.88 bits per heavy atom. The van der Waals surface area contributed by atoms with E-state index in [4.69, 9.17) is 16.3 Å². The van der Waals surface area contributed by atoms with Crippen molar-refractivity contribution < 1.29 is 19.4 Å². The SMILES string of the molecule is COC1CC(C(=O)O)N(C(=O)c2cc(C)n(-c3ccc(Cl)cc3)c2C)C1. The van der Waals surface area contributed by atoms with Crippen molar-refractivity contribution in [1.82, 2.24) is 9.47 Å². The molecule has 0 aliphatic carbocycles. The molecule has 2 atom stereocenters. The average Bonchev–Trinajstić information content (AvgIpc) is 3.17. The van der Waals surface area contributed by atoms with Gasteiger partial charge >= 0.3 is 5.97 Å². The Kier molecular flexibility index (Phi) is 5.07. The molecule has 0 radical (unpaired) electrons. The fraction of sp³-hybridized carbons (Fsp3) is 0.368. The summed E-state index contributed by atoms with van der Waals surface area (Å²) in [7, 11) is 1.53. The highest BCUT2D eigenvalue weighted by Gasteiger charge is 2.40. The molecule has 2 heterocycles. The van der Waals surface area contributed by atoms with Crippen molar-refractivity contribution in [2.24, 2.45) is 0 Å². The summed E-state index contributed by atoms with van der Waals surface area (Å²) < 4.78 is 7.23. The summed E-state index contributed by atoms with van der Waals surface area (Å²) in [6.07, 6.45) is 0.0350. The van der Waals surface area contributed by atoms with Gasteiger partial charge in [-0.05, 0) is 44.2 Å². The van der Waals surface area contributed by atoms with Crippen LogP contribution >= 0.6 is 11.6 Å². The van der Waals surface area contributed by atoms with E-state index in [2.05, 4.69) is 0 Å². The summed E-state index contributed by atoms with van der Waals surface area (Å²) in [5, 5.41) is 10.1. The van der Waals surface area contributed by atoms with Gasteiger partial charge in [0, 0.05) is 42.2 Å². The minimum Gasteiger partial charge on any atom is -0.480 e. The highest BCUT2D eigenvalue weighted by molar-refractivity contribution is 6.30. The molecule has 1 saturated heterocycles. The van der Waals surface area contributed by atoms with Gasteiger partial charge in [0.1, 0.15) is 6.04 Å². The minimum atomic E-state index is -1.01. The molecule has 1 aliphatic rings. The van der Waals surface area contributed by atoms with Gasteiger partial charge in [-0.3, -0.25) is 4.79 Å².